The van der Waals surface area contributed by atoms with Crippen LogP contribution in [0.25, 0.3) is 0 Å². The molecule has 0 amide bonds. The second-order valence-corrected chi connectivity index (χ2v) is 2.93. The van der Waals surface area contributed by atoms with E-state index in [1.807, 2.05) is 0 Å². The molecule has 6 heteroatoms. The van der Waals surface area contributed by atoms with Gasteiger partial charge in [0.1, 0.15) is 0 Å². The van der Waals surface area contributed by atoms with E-state index in [0.29, 0.717) is 0 Å². The van der Waals surface area contributed by atoms with Gasteiger partial charge in [-0.15, -0.1) is 0 Å². The molecule has 0 fully saturated rings. The van der Waals surface area contributed by atoms with Gasteiger partial charge >= 0.3 is 10.2 Å². The highest BCUT2D eigenvalue weighted by Crippen LogP contribution is 1.99. The molecule has 1 aliphatic rings. The zero-order valence-electron chi connectivity index (χ0n) is 5.23. The molecule has 0 aliphatic carbocycles. The SMILES string of the molecule is COC1=CC=NS(=O)(=O)N1. The molecule has 1 aliphatic heterocycles. The number of ether oxygens (including phenoxy) is 1. The van der Waals surface area contributed by atoms with Crippen molar-refractivity contribution in [3.63, 3.8) is 0 Å². The van der Waals surface area contributed by atoms with Crippen molar-refractivity contribution in [2.45, 2.75) is 0 Å². The highest BCUT2D eigenvalue weighted by atomic mass is 32.2. The summed E-state index contributed by atoms with van der Waals surface area (Å²) in [7, 11) is -2.15. The Bertz CT molecular complexity index is 277. The molecule has 0 saturated carbocycles. The minimum absolute atomic E-state index is 0.176. The Morgan fingerprint density at radius 1 is 1.70 bits per heavy atom. The maximum absolute atomic E-state index is 10.6. The Morgan fingerprint density at radius 2 is 2.40 bits per heavy atom. The zero-order chi connectivity index (χ0) is 7.61. The summed E-state index contributed by atoms with van der Waals surface area (Å²) >= 11 is 0. The normalized spacial score (nSPS) is 21.1. The first-order valence-electron chi connectivity index (χ1n) is 2.46. The van der Waals surface area contributed by atoms with Crippen LogP contribution in [-0.2, 0) is 14.9 Å². The summed E-state index contributed by atoms with van der Waals surface area (Å²) in [6.07, 6.45) is 2.58. The van der Waals surface area contributed by atoms with Gasteiger partial charge in [0.25, 0.3) is 0 Å². The summed E-state index contributed by atoms with van der Waals surface area (Å²) in [6.45, 7) is 0. The van der Waals surface area contributed by atoms with E-state index in [9.17, 15) is 8.42 Å². The van der Waals surface area contributed by atoms with Gasteiger partial charge in [-0.25, -0.2) is 4.72 Å². The fraction of sp³-hybridized carbons (Fsp3) is 0.250. The lowest BCUT2D eigenvalue weighted by Crippen LogP contribution is -2.24. The first-order valence-corrected chi connectivity index (χ1v) is 3.90. The van der Waals surface area contributed by atoms with E-state index < -0.39 is 10.2 Å². The lowest BCUT2D eigenvalue weighted by molar-refractivity contribution is 0.277. The standard InChI is InChI=1S/C4H6N2O3S/c1-9-4-2-3-5-10(7,8)6-4/h2-3,6H,1H3. The third kappa shape index (κ3) is 1.47. The van der Waals surface area contributed by atoms with Crippen LogP contribution in [0.2, 0.25) is 0 Å². The molecule has 56 valence electrons. The van der Waals surface area contributed by atoms with Crippen LogP contribution in [0.1, 0.15) is 0 Å². The van der Waals surface area contributed by atoms with Crippen LogP contribution in [0.3, 0.4) is 0 Å². The Hall–Kier alpha value is -1.04. The van der Waals surface area contributed by atoms with Crippen molar-refractivity contribution in [3.8, 4) is 0 Å². The summed E-state index contributed by atoms with van der Waals surface area (Å²) in [5.74, 6) is 0.176. The number of nitrogens with zero attached hydrogens (tertiary/aromatic N) is 1. The molecular weight excluding hydrogens is 156 g/mol. The fourth-order valence-electron chi connectivity index (χ4n) is 0.475. The van der Waals surface area contributed by atoms with E-state index in [0.717, 1.165) is 6.21 Å². The molecule has 0 unspecified atom stereocenters. The quantitative estimate of drug-likeness (QED) is 0.559. The molecule has 0 atom stereocenters. The highest BCUT2D eigenvalue weighted by molar-refractivity contribution is 7.88. The average Bonchev–Trinajstić information content (AvgIpc) is 1.86. The third-order valence-corrected chi connectivity index (χ3v) is 1.73. The van der Waals surface area contributed by atoms with Crippen molar-refractivity contribution in [1.29, 1.82) is 0 Å². The highest BCUT2D eigenvalue weighted by Gasteiger charge is 2.11. The molecular formula is C4H6N2O3S. The van der Waals surface area contributed by atoms with Crippen molar-refractivity contribution in [2.75, 3.05) is 7.11 Å². The van der Waals surface area contributed by atoms with Gasteiger partial charge < -0.3 is 4.74 Å². The lowest BCUT2D eigenvalue weighted by atomic mass is 10.6. The van der Waals surface area contributed by atoms with Crippen LogP contribution in [0.5, 0.6) is 0 Å². The van der Waals surface area contributed by atoms with Gasteiger partial charge in [-0.3, -0.25) is 0 Å². The summed E-state index contributed by atoms with van der Waals surface area (Å²) in [4.78, 5) is 0. The largest absolute Gasteiger partial charge is 0.482 e. The fourth-order valence-corrected chi connectivity index (χ4v) is 1.15. The monoisotopic (exact) mass is 162 g/mol. The number of rotatable bonds is 1. The van der Waals surface area contributed by atoms with Crippen molar-refractivity contribution >= 4 is 16.4 Å². The van der Waals surface area contributed by atoms with Gasteiger partial charge in [0.15, 0.2) is 0 Å². The second-order valence-electron chi connectivity index (χ2n) is 1.57. The number of methoxy groups -OCH3 is 1. The Balaban J connectivity index is 2.88. The van der Waals surface area contributed by atoms with Gasteiger partial charge in [-0.2, -0.15) is 12.8 Å². The summed E-state index contributed by atoms with van der Waals surface area (Å²) < 4.78 is 31.0. The minimum atomic E-state index is -3.52. The summed E-state index contributed by atoms with van der Waals surface area (Å²) in [5, 5.41) is 0. The number of nitrogens with one attached hydrogen (secondary N) is 1. The van der Waals surface area contributed by atoms with E-state index in [-0.39, 0.29) is 5.88 Å². The number of hydrogen-bond acceptors (Lipinski definition) is 3. The molecule has 0 saturated heterocycles. The first-order chi connectivity index (χ1) is 4.64. The van der Waals surface area contributed by atoms with Crippen LogP contribution in [0.4, 0.5) is 0 Å². The van der Waals surface area contributed by atoms with Crippen LogP contribution in [0, 0.1) is 0 Å². The predicted octanol–water partition coefficient (Wildman–Crippen LogP) is -0.607. The molecule has 0 radical (unpaired) electrons. The summed E-state index contributed by atoms with van der Waals surface area (Å²) in [6, 6.07) is 0. The minimum Gasteiger partial charge on any atom is -0.482 e. The van der Waals surface area contributed by atoms with Crippen molar-refractivity contribution in [3.05, 3.63) is 12.0 Å². The maximum atomic E-state index is 10.6. The number of allylic oxidation sites excluding steroid dienone is 1. The van der Waals surface area contributed by atoms with Crippen molar-refractivity contribution in [1.82, 2.24) is 4.72 Å². The Morgan fingerprint density at radius 3 is 2.80 bits per heavy atom. The van der Waals surface area contributed by atoms with E-state index in [4.69, 9.17) is 0 Å². The molecule has 0 aromatic heterocycles. The maximum Gasteiger partial charge on any atom is 0.344 e. The Kier molecular flexibility index (Phi) is 1.62. The van der Waals surface area contributed by atoms with Crippen LogP contribution >= 0.6 is 0 Å². The van der Waals surface area contributed by atoms with Crippen molar-refractivity contribution in [2.24, 2.45) is 4.40 Å². The van der Waals surface area contributed by atoms with Gasteiger partial charge in [0.2, 0.25) is 5.88 Å². The van der Waals surface area contributed by atoms with E-state index in [1.54, 1.807) is 0 Å². The molecule has 0 aromatic rings. The van der Waals surface area contributed by atoms with Gasteiger partial charge in [0.05, 0.1) is 7.11 Å². The average molecular weight is 162 g/mol. The van der Waals surface area contributed by atoms with E-state index >= 15 is 0 Å². The molecule has 5 nitrogen and oxygen atoms in total. The van der Waals surface area contributed by atoms with Crippen molar-refractivity contribution < 1.29 is 13.2 Å². The van der Waals surface area contributed by atoms with Gasteiger partial charge in [0, 0.05) is 12.3 Å². The molecule has 10 heavy (non-hydrogen) atoms. The van der Waals surface area contributed by atoms with Crippen LogP contribution in [-0.4, -0.2) is 21.7 Å². The summed E-state index contributed by atoms with van der Waals surface area (Å²) in [5.41, 5.74) is 0. The zero-order valence-corrected chi connectivity index (χ0v) is 6.05. The van der Waals surface area contributed by atoms with Crippen LogP contribution in [0.15, 0.2) is 16.4 Å². The lowest BCUT2D eigenvalue weighted by Gasteiger charge is -2.08. The van der Waals surface area contributed by atoms with E-state index in [2.05, 4.69) is 13.9 Å². The topological polar surface area (TPSA) is 67.8 Å². The molecule has 0 bridgehead atoms. The molecule has 1 rings (SSSR count). The third-order valence-electron chi connectivity index (χ3n) is 0.875. The predicted molar refractivity (Wildman–Crippen MR) is 35.6 cm³/mol. The first kappa shape index (κ1) is 7.07. The molecule has 0 spiro atoms. The number of hydrogen-bond donors (Lipinski definition) is 1. The second kappa shape index (κ2) is 2.30. The smallest absolute Gasteiger partial charge is 0.344 e. The van der Waals surface area contributed by atoms with Gasteiger partial charge in [-0.1, -0.05) is 0 Å². The van der Waals surface area contributed by atoms with E-state index in [1.165, 1.54) is 13.2 Å². The van der Waals surface area contributed by atoms with Crippen LogP contribution < -0.4 is 4.72 Å². The Labute approximate surface area is 58.6 Å². The van der Waals surface area contributed by atoms with Gasteiger partial charge in [-0.05, 0) is 0 Å². The molecule has 1 heterocycles. The molecule has 1 N–H and O–H groups in total. The molecule has 0 aromatic carbocycles.